The molecule has 0 unspecified atom stereocenters. The molecule has 5 rings (SSSR count). The van der Waals surface area contributed by atoms with Crippen LogP contribution < -0.4 is 10.2 Å². The van der Waals surface area contributed by atoms with Crippen LogP contribution in [0.4, 0.5) is 11.6 Å². The number of fused-ring (bicyclic) bond motifs is 2. The number of H-pyrrole nitrogens is 1. The molecule has 4 heterocycles. The predicted octanol–water partition coefficient (Wildman–Crippen LogP) is 1.75. The van der Waals surface area contributed by atoms with E-state index in [-0.39, 0.29) is 6.10 Å². The summed E-state index contributed by atoms with van der Waals surface area (Å²) < 4.78 is 0. The van der Waals surface area contributed by atoms with Crippen LogP contribution in [0.1, 0.15) is 30.5 Å². The predicted molar refractivity (Wildman–Crippen MR) is 120 cm³/mol. The smallest absolute Gasteiger partial charge is 0.182 e. The number of aromatic nitrogens is 4. The van der Waals surface area contributed by atoms with Crippen LogP contribution in [-0.4, -0.2) is 65.3 Å². The lowest BCUT2D eigenvalue weighted by molar-refractivity contribution is 0.145. The van der Waals surface area contributed by atoms with E-state index >= 15 is 0 Å². The molecule has 9 heteroatoms. The van der Waals surface area contributed by atoms with E-state index < -0.39 is 5.34 Å². The van der Waals surface area contributed by atoms with Gasteiger partial charge in [-0.25, -0.2) is 15.0 Å². The van der Waals surface area contributed by atoms with Crippen LogP contribution in [0.15, 0.2) is 36.7 Å². The summed E-state index contributed by atoms with van der Waals surface area (Å²) in [6, 6.07) is 5.84. The first-order chi connectivity index (χ1) is 14.5. The fraction of sp³-hybridized carbons (Fsp3) is 0.381. The average Bonchev–Trinajstić information content (AvgIpc) is 3.22. The number of aliphatic hydroxyl groups excluding tert-OH is 1. The third-order valence-electron chi connectivity index (χ3n) is 5.83. The molecule has 1 aliphatic carbocycles. The molecule has 0 bridgehead atoms. The van der Waals surface area contributed by atoms with Crippen molar-refractivity contribution in [1.29, 1.82) is 0 Å². The number of hydrogen-bond donors (Lipinski definition) is 3. The van der Waals surface area contributed by atoms with Gasteiger partial charge in [0.05, 0.1) is 28.0 Å². The van der Waals surface area contributed by atoms with Crippen molar-refractivity contribution < 1.29 is 5.11 Å². The number of nitrogens with one attached hydrogen (secondary N) is 2. The second-order valence-electron chi connectivity index (χ2n) is 8.01. The topological polar surface area (TPSA) is 90.0 Å². The van der Waals surface area contributed by atoms with Crippen molar-refractivity contribution in [3.63, 3.8) is 0 Å². The average molecular weight is 396 g/mol. The number of aryl methyl sites for hydroxylation is 1. The second-order valence-corrected chi connectivity index (χ2v) is 8.01. The first-order valence-corrected chi connectivity index (χ1v) is 10.3. The molecule has 1 saturated heterocycles. The zero-order valence-electron chi connectivity index (χ0n) is 16.7. The van der Waals surface area contributed by atoms with Gasteiger partial charge in [0, 0.05) is 25.0 Å². The van der Waals surface area contributed by atoms with Gasteiger partial charge in [-0.2, -0.15) is 0 Å². The van der Waals surface area contributed by atoms with Crippen molar-refractivity contribution >= 4 is 44.1 Å². The zero-order chi connectivity index (χ0) is 20.7. The quantitative estimate of drug-likeness (QED) is 0.583. The normalized spacial score (nSPS) is 17.6. The van der Waals surface area contributed by atoms with Gasteiger partial charge in [0.25, 0.3) is 0 Å². The van der Waals surface area contributed by atoms with Gasteiger partial charge < -0.3 is 20.3 Å². The molecule has 3 N–H and O–H groups in total. The Kier molecular flexibility index (Phi) is 4.77. The highest BCUT2D eigenvalue weighted by Gasteiger charge is 2.28. The molecule has 0 saturated carbocycles. The molecule has 7 nitrogen and oxygen atoms in total. The van der Waals surface area contributed by atoms with E-state index in [0.717, 1.165) is 61.4 Å². The highest BCUT2D eigenvalue weighted by molar-refractivity contribution is 6.48. The Hall–Kier alpha value is -2.80. The fourth-order valence-electron chi connectivity index (χ4n) is 4.22. The summed E-state index contributed by atoms with van der Waals surface area (Å²) in [5, 5.41) is 11.6. The summed E-state index contributed by atoms with van der Waals surface area (Å²) >= 11 is 0. The number of allylic oxidation sites excluding steroid dienone is 1. The zero-order valence-corrected chi connectivity index (χ0v) is 16.7. The van der Waals surface area contributed by atoms with Crippen LogP contribution in [0.5, 0.6) is 0 Å². The van der Waals surface area contributed by atoms with Crippen LogP contribution in [0.2, 0.25) is 0 Å². The molecular weight excluding hydrogens is 374 g/mol. The Morgan fingerprint density at radius 2 is 2.00 bits per heavy atom. The van der Waals surface area contributed by atoms with Gasteiger partial charge in [-0.05, 0) is 60.4 Å². The van der Waals surface area contributed by atoms with Crippen molar-refractivity contribution in [2.45, 2.75) is 37.1 Å². The molecule has 1 fully saturated rings. The summed E-state index contributed by atoms with van der Waals surface area (Å²) in [6.07, 6.45) is 8.67. The number of pyridine rings is 1. The Balaban J connectivity index is 1.41. The van der Waals surface area contributed by atoms with Crippen LogP contribution in [0.3, 0.4) is 0 Å². The number of hydrogen-bond acceptors (Lipinski definition) is 6. The van der Waals surface area contributed by atoms with Gasteiger partial charge in [0.2, 0.25) is 0 Å². The van der Waals surface area contributed by atoms with Gasteiger partial charge >= 0.3 is 0 Å². The van der Waals surface area contributed by atoms with E-state index in [4.69, 9.17) is 15.7 Å². The van der Waals surface area contributed by atoms with Gasteiger partial charge in [0.15, 0.2) is 5.65 Å². The lowest BCUT2D eigenvalue weighted by atomic mass is 9.55. The van der Waals surface area contributed by atoms with Gasteiger partial charge in [-0.15, -0.1) is 0 Å². The minimum atomic E-state index is -1.29. The van der Waals surface area contributed by atoms with E-state index in [0.29, 0.717) is 17.0 Å². The number of nitrogens with zero attached hydrogens (tertiary/aromatic N) is 4. The highest BCUT2D eigenvalue weighted by Crippen LogP contribution is 2.33. The lowest BCUT2D eigenvalue weighted by Crippen LogP contribution is -2.41. The SMILES string of the molecule is [B]C([B])(Nc1cnc2ccc(N3CCC(O)CC3)nc2n1)C1=CCCc2[nH]ccc21. The van der Waals surface area contributed by atoms with E-state index in [1.807, 2.05) is 24.4 Å². The summed E-state index contributed by atoms with van der Waals surface area (Å²) in [6.45, 7) is 1.54. The molecule has 1 aliphatic heterocycles. The van der Waals surface area contributed by atoms with Crippen molar-refractivity contribution in [1.82, 2.24) is 19.9 Å². The minimum absolute atomic E-state index is 0.228. The first-order valence-electron chi connectivity index (χ1n) is 10.3. The molecule has 3 aromatic rings. The van der Waals surface area contributed by atoms with E-state index in [1.165, 1.54) is 0 Å². The number of aliphatic hydroxyl groups is 1. The Morgan fingerprint density at radius 3 is 2.83 bits per heavy atom. The van der Waals surface area contributed by atoms with Crippen molar-refractivity contribution in [3.05, 3.63) is 47.9 Å². The number of anilines is 2. The van der Waals surface area contributed by atoms with Gasteiger partial charge in [-0.1, -0.05) is 6.08 Å². The van der Waals surface area contributed by atoms with Gasteiger partial charge in [0.1, 0.15) is 17.2 Å². The number of piperidine rings is 1. The maximum Gasteiger partial charge on any atom is 0.182 e. The molecule has 148 valence electrons. The maximum absolute atomic E-state index is 9.74. The summed E-state index contributed by atoms with van der Waals surface area (Å²) in [5.41, 5.74) is 4.22. The first kappa shape index (κ1) is 19.2. The molecule has 3 aromatic heterocycles. The van der Waals surface area contributed by atoms with Crippen molar-refractivity contribution in [3.8, 4) is 0 Å². The third kappa shape index (κ3) is 3.58. The molecule has 4 radical (unpaired) electrons. The maximum atomic E-state index is 9.74. The largest absolute Gasteiger partial charge is 0.393 e. The van der Waals surface area contributed by atoms with Crippen LogP contribution in [0, 0.1) is 0 Å². The third-order valence-corrected chi connectivity index (χ3v) is 5.83. The van der Waals surface area contributed by atoms with Crippen molar-refractivity contribution in [2.24, 2.45) is 0 Å². The van der Waals surface area contributed by atoms with E-state index in [2.05, 4.69) is 36.2 Å². The standard InChI is InChI=1S/C21H22B2N6O/c22-21(23,15-2-1-3-16-14(15)6-9-24-16)28-18-12-25-17-4-5-19(27-20(17)26-18)29-10-7-13(30)8-11-29/h2,4-6,9,12-13,24,30H,1,3,7-8,10-11H2,(H,26,27,28). The summed E-state index contributed by atoms with van der Waals surface area (Å²) in [4.78, 5) is 19.2. The molecule has 0 aromatic carbocycles. The molecule has 0 atom stereocenters. The molecule has 30 heavy (non-hydrogen) atoms. The highest BCUT2D eigenvalue weighted by atomic mass is 16.3. The second kappa shape index (κ2) is 7.47. The minimum Gasteiger partial charge on any atom is -0.393 e. The molecular formula is C21H22B2N6O. The van der Waals surface area contributed by atoms with Gasteiger partial charge in [-0.3, -0.25) is 0 Å². The van der Waals surface area contributed by atoms with Crippen LogP contribution >= 0.6 is 0 Å². The van der Waals surface area contributed by atoms with Crippen molar-refractivity contribution in [2.75, 3.05) is 23.3 Å². The molecule has 2 aliphatic rings. The fourth-order valence-corrected chi connectivity index (χ4v) is 4.22. The monoisotopic (exact) mass is 396 g/mol. The number of aromatic amines is 1. The van der Waals surface area contributed by atoms with Crippen LogP contribution in [0.25, 0.3) is 16.7 Å². The van der Waals surface area contributed by atoms with Crippen LogP contribution in [-0.2, 0) is 6.42 Å². The Bertz CT molecular complexity index is 1100. The Morgan fingerprint density at radius 1 is 1.17 bits per heavy atom. The summed E-state index contributed by atoms with van der Waals surface area (Å²) in [7, 11) is 12.9. The molecule has 0 spiro atoms. The van der Waals surface area contributed by atoms with E-state index in [9.17, 15) is 5.11 Å². The Labute approximate surface area is 177 Å². The summed E-state index contributed by atoms with van der Waals surface area (Å²) in [5.74, 6) is 1.30. The molecule has 0 amide bonds. The number of rotatable bonds is 4. The lowest BCUT2D eigenvalue weighted by Gasteiger charge is -2.33. The van der Waals surface area contributed by atoms with E-state index in [1.54, 1.807) is 6.20 Å².